The number of H-pyrrole nitrogens is 1. The second-order valence-electron chi connectivity index (χ2n) is 8.17. The first kappa shape index (κ1) is 24.4. The van der Waals surface area contributed by atoms with Gasteiger partial charge in [0.1, 0.15) is 0 Å². The summed E-state index contributed by atoms with van der Waals surface area (Å²) in [6.07, 6.45) is -1.90. The van der Waals surface area contributed by atoms with Gasteiger partial charge < -0.3 is 16.0 Å². The van der Waals surface area contributed by atoms with Crippen LogP contribution in [-0.4, -0.2) is 27.5 Å². The van der Waals surface area contributed by atoms with Gasteiger partial charge in [-0.15, -0.1) is 0 Å². The largest absolute Gasteiger partial charge is 0.416 e. The molecule has 4 rings (SSSR count). The third-order valence-corrected chi connectivity index (χ3v) is 5.56. The van der Waals surface area contributed by atoms with Crippen molar-refractivity contribution < 1.29 is 13.2 Å². The Morgan fingerprint density at radius 1 is 1.00 bits per heavy atom. The second-order valence-corrected chi connectivity index (χ2v) is 8.17. The Morgan fingerprint density at radius 2 is 1.69 bits per heavy atom. The number of fused-ring (bicyclic) bond motifs is 1. The molecule has 2 aromatic heterocycles. The molecule has 0 aliphatic carbocycles. The summed E-state index contributed by atoms with van der Waals surface area (Å²) in [6.45, 7) is 2.12. The molecule has 0 atom stereocenters. The molecule has 0 saturated carbocycles. The summed E-state index contributed by atoms with van der Waals surface area (Å²) in [5.41, 5.74) is 6.80. The first-order chi connectivity index (χ1) is 16.7. The monoisotopic (exact) mass is 483 g/mol. The Bertz CT molecular complexity index is 1430. The maximum atomic E-state index is 12.8. The molecule has 4 aromatic rings. The normalized spacial score (nSPS) is 11.8. The lowest BCUT2D eigenvalue weighted by molar-refractivity contribution is -0.137. The summed E-state index contributed by atoms with van der Waals surface area (Å²) in [5, 5.41) is 3.28. The highest BCUT2D eigenvalue weighted by atomic mass is 19.4. The van der Waals surface area contributed by atoms with Crippen LogP contribution >= 0.6 is 0 Å². The fraction of sp³-hybridized carbons (Fsp3) is 0.240. The molecular formula is C25H24F3N5O2. The Morgan fingerprint density at radius 3 is 2.34 bits per heavy atom. The maximum absolute atomic E-state index is 12.8. The lowest BCUT2D eigenvalue weighted by Gasteiger charge is -2.09. The van der Waals surface area contributed by atoms with Crippen LogP contribution in [0.15, 0.2) is 70.4 Å². The average molecular weight is 483 g/mol. The van der Waals surface area contributed by atoms with Crippen molar-refractivity contribution >= 4 is 5.78 Å². The van der Waals surface area contributed by atoms with Crippen LogP contribution in [0.2, 0.25) is 0 Å². The molecule has 0 bridgehead atoms. The minimum absolute atomic E-state index is 0.0638. The molecule has 0 aliphatic rings. The number of nitrogens with two attached hydrogens (primary N) is 1. The van der Waals surface area contributed by atoms with Gasteiger partial charge in [0.15, 0.2) is 0 Å². The minimum atomic E-state index is -4.42. The molecule has 7 nitrogen and oxygen atoms in total. The van der Waals surface area contributed by atoms with E-state index in [-0.39, 0.29) is 17.8 Å². The van der Waals surface area contributed by atoms with E-state index >= 15 is 0 Å². The number of benzene rings is 2. The Kier molecular flexibility index (Phi) is 7.13. The van der Waals surface area contributed by atoms with Crippen molar-refractivity contribution in [3.8, 4) is 11.1 Å². The molecule has 2 aromatic carbocycles. The van der Waals surface area contributed by atoms with Crippen LogP contribution in [0.25, 0.3) is 16.9 Å². The minimum Gasteiger partial charge on any atom is -0.330 e. The van der Waals surface area contributed by atoms with Crippen molar-refractivity contribution in [2.24, 2.45) is 5.73 Å². The van der Waals surface area contributed by atoms with Crippen LogP contribution in [0.3, 0.4) is 0 Å². The molecule has 2 heterocycles. The number of nitrogens with zero attached hydrogens (tertiary/aromatic N) is 2. The van der Waals surface area contributed by atoms with E-state index in [9.17, 15) is 22.8 Å². The van der Waals surface area contributed by atoms with Gasteiger partial charge in [0, 0.05) is 30.9 Å². The van der Waals surface area contributed by atoms with E-state index in [1.807, 2.05) is 12.1 Å². The summed E-state index contributed by atoms with van der Waals surface area (Å²) in [7, 11) is 0. The third kappa shape index (κ3) is 5.84. The fourth-order valence-electron chi connectivity index (χ4n) is 3.70. The topological polar surface area (TPSA) is 105 Å². The highest BCUT2D eigenvalue weighted by Gasteiger charge is 2.29. The van der Waals surface area contributed by atoms with Crippen molar-refractivity contribution in [1.29, 1.82) is 0 Å². The molecule has 0 unspecified atom stereocenters. The zero-order valence-corrected chi connectivity index (χ0v) is 18.7. The molecule has 4 N–H and O–H groups in total. The Labute approximate surface area is 198 Å². The van der Waals surface area contributed by atoms with E-state index in [0.717, 1.165) is 30.7 Å². The van der Waals surface area contributed by atoms with Gasteiger partial charge in [-0.3, -0.25) is 14.0 Å². The quantitative estimate of drug-likeness (QED) is 0.334. The first-order valence-corrected chi connectivity index (χ1v) is 11.1. The molecule has 0 saturated heterocycles. The van der Waals surface area contributed by atoms with Crippen LogP contribution in [-0.2, 0) is 19.1 Å². The van der Waals surface area contributed by atoms with E-state index in [1.54, 1.807) is 12.1 Å². The van der Waals surface area contributed by atoms with E-state index in [0.29, 0.717) is 29.9 Å². The maximum Gasteiger partial charge on any atom is 0.416 e. The van der Waals surface area contributed by atoms with Gasteiger partial charge in [0.25, 0.3) is 11.1 Å². The van der Waals surface area contributed by atoms with Crippen LogP contribution in [0.4, 0.5) is 13.2 Å². The van der Waals surface area contributed by atoms with Gasteiger partial charge in [0.05, 0.1) is 11.1 Å². The molecule has 0 aliphatic heterocycles. The summed E-state index contributed by atoms with van der Waals surface area (Å²) < 4.78 is 39.5. The van der Waals surface area contributed by atoms with Gasteiger partial charge >= 0.3 is 6.18 Å². The van der Waals surface area contributed by atoms with Crippen LogP contribution < -0.4 is 22.2 Å². The van der Waals surface area contributed by atoms with Crippen LogP contribution in [0, 0.1) is 0 Å². The third-order valence-electron chi connectivity index (χ3n) is 5.56. The number of rotatable bonds is 8. The summed E-state index contributed by atoms with van der Waals surface area (Å²) in [4.78, 5) is 32.4. The smallest absolute Gasteiger partial charge is 0.330 e. The number of nitrogens with one attached hydrogen (secondary N) is 2. The van der Waals surface area contributed by atoms with Gasteiger partial charge in [-0.25, -0.2) is 0 Å². The highest BCUT2D eigenvalue weighted by Crippen LogP contribution is 2.29. The number of aromatic nitrogens is 3. The summed E-state index contributed by atoms with van der Waals surface area (Å²) in [5.74, 6) is 0.0638. The average Bonchev–Trinajstić information content (AvgIpc) is 2.82. The number of halogens is 3. The molecule has 35 heavy (non-hydrogen) atoms. The number of hydrogen-bond donors (Lipinski definition) is 3. The van der Waals surface area contributed by atoms with Gasteiger partial charge in [-0.2, -0.15) is 18.2 Å². The number of alkyl halides is 3. The highest BCUT2D eigenvalue weighted by molar-refractivity contribution is 5.62. The molecular weight excluding hydrogens is 459 g/mol. The molecule has 0 radical (unpaired) electrons. The first-order valence-electron chi connectivity index (χ1n) is 11.1. The van der Waals surface area contributed by atoms with Crippen molar-refractivity contribution in [3.05, 3.63) is 104 Å². The molecule has 0 amide bonds. The Hall–Kier alpha value is -3.76. The van der Waals surface area contributed by atoms with Gasteiger partial charge in [-0.1, -0.05) is 36.4 Å². The number of hydrogen-bond acceptors (Lipinski definition) is 5. The van der Waals surface area contributed by atoms with Crippen molar-refractivity contribution in [3.63, 3.8) is 0 Å². The zero-order valence-electron chi connectivity index (χ0n) is 18.7. The van der Waals surface area contributed by atoms with Crippen molar-refractivity contribution in [1.82, 2.24) is 19.7 Å². The summed E-state index contributed by atoms with van der Waals surface area (Å²) >= 11 is 0. The van der Waals surface area contributed by atoms with E-state index < -0.39 is 22.9 Å². The summed E-state index contributed by atoms with van der Waals surface area (Å²) in [6, 6.07) is 13.4. The standard InChI is InChI=1S/C25H24F3N5O2/c26-25(27,28)19-8-4-16(5-9-19)12-20-13-22(34)33-15-21(23(35)32-24(33)31-20)18-6-2-17(3-7-18)14-30-11-1-10-29/h2-9,13,15,30H,1,10-12,14,29H2,(H,31,32,35). The van der Waals surface area contributed by atoms with E-state index in [4.69, 9.17) is 5.73 Å². The number of aromatic amines is 1. The van der Waals surface area contributed by atoms with Crippen molar-refractivity contribution in [2.75, 3.05) is 13.1 Å². The molecule has 10 heteroatoms. The lowest BCUT2D eigenvalue weighted by Crippen LogP contribution is -2.22. The van der Waals surface area contributed by atoms with Crippen molar-refractivity contribution in [2.45, 2.75) is 25.6 Å². The predicted octanol–water partition coefficient (Wildman–Crippen LogP) is 3.10. The molecule has 0 fully saturated rings. The SMILES string of the molecule is NCCCNCc1ccc(-c2cn3c(=O)cc(Cc4ccc(C(F)(F)F)cc4)[nH]c3nc2=O)cc1. The van der Waals surface area contributed by atoms with Crippen LogP contribution in [0.1, 0.15) is 28.8 Å². The zero-order chi connectivity index (χ0) is 25.0. The van der Waals surface area contributed by atoms with Gasteiger partial charge in [0.2, 0.25) is 5.78 Å². The predicted molar refractivity (Wildman–Crippen MR) is 127 cm³/mol. The Balaban J connectivity index is 1.57. The molecule has 0 spiro atoms. The van der Waals surface area contributed by atoms with Crippen LogP contribution in [0.5, 0.6) is 0 Å². The van der Waals surface area contributed by atoms with E-state index in [2.05, 4.69) is 15.3 Å². The van der Waals surface area contributed by atoms with Gasteiger partial charge in [-0.05, 0) is 48.3 Å². The molecule has 182 valence electrons. The van der Waals surface area contributed by atoms with E-state index in [1.165, 1.54) is 28.8 Å². The lowest BCUT2D eigenvalue weighted by atomic mass is 10.1. The fourth-order valence-corrected chi connectivity index (χ4v) is 3.70. The second kappa shape index (κ2) is 10.2.